The van der Waals surface area contributed by atoms with Gasteiger partial charge in [-0.05, 0) is 20.3 Å². The fourth-order valence-electron chi connectivity index (χ4n) is 1.48. The number of hydrogen-bond acceptors (Lipinski definition) is 5. The van der Waals surface area contributed by atoms with Crippen molar-refractivity contribution < 1.29 is 19.4 Å². The first-order valence-corrected chi connectivity index (χ1v) is 5.40. The first-order chi connectivity index (χ1) is 8.16. The van der Waals surface area contributed by atoms with E-state index in [0.717, 1.165) is 0 Å². The standard InChI is InChI=1S/C12H16N2O4/c1-9(15)18-12(3,8-14)5-4-11(2,7-13)6-10(16)17/h4-6H2,1-3H3,(H,16,17)/t11-,12-/m0/s1. The number of rotatable bonds is 6. The van der Waals surface area contributed by atoms with Crippen LogP contribution in [0.1, 0.15) is 40.0 Å². The van der Waals surface area contributed by atoms with Crippen molar-refractivity contribution in [3.8, 4) is 12.1 Å². The van der Waals surface area contributed by atoms with Gasteiger partial charge in [-0.2, -0.15) is 10.5 Å². The minimum Gasteiger partial charge on any atom is -0.481 e. The van der Waals surface area contributed by atoms with Crippen LogP contribution in [0.4, 0.5) is 0 Å². The maximum absolute atomic E-state index is 10.9. The predicted octanol–water partition coefficient (Wildman–Crippen LogP) is 1.62. The number of carboxylic acid groups (broad SMARTS) is 1. The van der Waals surface area contributed by atoms with E-state index in [1.807, 2.05) is 12.1 Å². The highest BCUT2D eigenvalue weighted by Crippen LogP contribution is 2.31. The van der Waals surface area contributed by atoms with Crippen LogP contribution in [0.15, 0.2) is 0 Å². The molecule has 98 valence electrons. The topological polar surface area (TPSA) is 111 Å². The van der Waals surface area contributed by atoms with E-state index in [2.05, 4.69) is 0 Å². The largest absolute Gasteiger partial charge is 0.481 e. The summed E-state index contributed by atoms with van der Waals surface area (Å²) in [6.45, 7) is 4.13. The maximum Gasteiger partial charge on any atom is 0.304 e. The highest BCUT2D eigenvalue weighted by Gasteiger charge is 2.34. The van der Waals surface area contributed by atoms with Gasteiger partial charge >= 0.3 is 11.9 Å². The molecular weight excluding hydrogens is 236 g/mol. The van der Waals surface area contributed by atoms with Crippen molar-refractivity contribution in [1.29, 1.82) is 10.5 Å². The number of hydrogen-bond donors (Lipinski definition) is 1. The van der Waals surface area contributed by atoms with Gasteiger partial charge in [-0.25, -0.2) is 0 Å². The summed E-state index contributed by atoms with van der Waals surface area (Å²) < 4.78 is 4.88. The third-order valence-corrected chi connectivity index (χ3v) is 2.57. The Morgan fingerprint density at radius 1 is 1.22 bits per heavy atom. The van der Waals surface area contributed by atoms with Crippen LogP contribution in [0.2, 0.25) is 0 Å². The van der Waals surface area contributed by atoms with Gasteiger partial charge in [-0.15, -0.1) is 0 Å². The van der Waals surface area contributed by atoms with E-state index in [0.29, 0.717) is 0 Å². The van der Waals surface area contributed by atoms with E-state index in [9.17, 15) is 9.59 Å². The predicted molar refractivity (Wildman–Crippen MR) is 61.0 cm³/mol. The third kappa shape index (κ3) is 5.31. The van der Waals surface area contributed by atoms with Crippen molar-refractivity contribution in [1.82, 2.24) is 0 Å². The molecular formula is C12H16N2O4. The zero-order chi connectivity index (χ0) is 14.4. The fraction of sp³-hybridized carbons (Fsp3) is 0.667. The second kappa shape index (κ2) is 6.02. The zero-order valence-corrected chi connectivity index (χ0v) is 10.7. The zero-order valence-electron chi connectivity index (χ0n) is 10.7. The third-order valence-electron chi connectivity index (χ3n) is 2.57. The molecule has 0 aromatic rings. The molecule has 0 saturated carbocycles. The van der Waals surface area contributed by atoms with Gasteiger partial charge in [-0.1, -0.05) is 0 Å². The van der Waals surface area contributed by atoms with Crippen LogP contribution in [-0.2, 0) is 14.3 Å². The molecule has 0 bridgehead atoms. The fourth-order valence-corrected chi connectivity index (χ4v) is 1.48. The molecule has 0 spiro atoms. The van der Waals surface area contributed by atoms with Crippen molar-refractivity contribution in [2.75, 3.05) is 0 Å². The Balaban J connectivity index is 4.71. The van der Waals surface area contributed by atoms with E-state index in [1.54, 1.807) is 0 Å². The molecule has 2 atom stereocenters. The monoisotopic (exact) mass is 252 g/mol. The van der Waals surface area contributed by atoms with Gasteiger partial charge in [0.05, 0.1) is 17.9 Å². The minimum atomic E-state index is -1.33. The Morgan fingerprint density at radius 3 is 2.11 bits per heavy atom. The molecule has 0 amide bonds. The lowest BCUT2D eigenvalue weighted by Gasteiger charge is -2.26. The molecule has 0 aliphatic carbocycles. The van der Waals surface area contributed by atoms with Crippen LogP contribution in [0.3, 0.4) is 0 Å². The van der Waals surface area contributed by atoms with Crippen molar-refractivity contribution in [3.05, 3.63) is 0 Å². The molecule has 0 unspecified atom stereocenters. The van der Waals surface area contributed by atoms with Gasteiger partial charge in [0.2, 0.25) is 0 Å². The van der Waals surface area contributed by atoms with Gasteiger partial charge < -0.3 is 9.84 Å². The van der Waals surface area contributed by atoms with Crippen LogP contribution >= 0.6 is 0 Å². The van der Waals surface area contributed by atoms with E-state index in [1.165, 1.54) is 20.8 Å². The van der Waals surface area contributed by atoms with Gasteiger partial charge in [0, 0.05) is 13.3 Å². The molecule has 0 aromatic carbocycles. The first-order valence-electron chi connectivity index (χ1n) is 5.40. The lowest BCUT2D eigenvalue weighted by molar-refractivity contribution is -0.151. The Kier molecular flexibility index (Phi) is 5.32. The Morgan fingerprint density at radius 2 is 1.78 bits per heavy atom. The Hall–Kier alpha value is -2.08. The first kappa shape index (κ1) is 15.9. The number of aliphatic carboxylic acids is 1. The van der Waals surface area contributed by atoms with Crippen LogP contribution in [0.25, 0.3) is 0 Å². The molecule has 0 aliphatic rings. The number of esters is 1. The average molecular weight is 252 g/mol. The minimum absolute atomic E-state index is 0.112. The number of nitrogens with zero attached hydrogens (tertiary/aromatic N) is 2. The second-order valence-electron chi connectivity index (χ2n) is 4.68. The van der Waals surface area contributed by atoms with E-state index in [4.69, 9.17) is 20.4 Å². The molecule has 0 aliphatic heterocycles. The summed E-state index contributed by atoms with van der Waals surface area (Å²) >= 11 is 0. The van der Waals surface area contributed by atoms with Gasteiger partial charge in [-0.3, -0.25) is 9.59 Å². The lowest BCUT2D eigenvalue weighted by Crippen LogP contribution is -2.31. The summed E-state index contributed by atoms with van der Waals surface area (Å²) in [6, 6.07) is 3.79. The number of carbonyl (C=O) groups excluding carboxylic acids is 1. The van der Waals surface area contributed by atoms with Crippen molar-refractivity contribution in [2.45, 2.75) is 45.6 Å². The molecule has 0 fully saturated rings. The van der Waals surface area contributed by atoms with Gasteiger partial charge in [0.1, 0.15) is 6.07 Å². The molecule has 0 rings (SSSR count). The maximum atomic E-state index is 10.9. The number of carbonyl (C=O) groups is 2. The summed E-state index contributed by atoms with van der Waals surface area (Å²) in [5.41, 5.74) is -2.41. The highest BCUT2D eigenvalue weighted by molar-refractivity contribution is 5.68. The van der Waals surface area contributed by atoms with Crippen molar-refractivity contribution >= 4 is 11.9 Å². The number of ether oxygens (including phenoxy) is 1. The molecule has 0 radical (unpaired) electrons. The molecule has 0 aromatic heterocycles. The van der Waals surface area contributed by atoms with Crippen LogP contribution in [-0.4, -0.2) is 22.6 Å². The number of nitriles is 2. The molecule has 0 saturated heterocycles. The van der Waals surface area contributed by atoms with E-state index >= 15 is 0 Å². The molecule has 0 heterocycles. The number of carboxylic acids is 1. The molecule has 1 N–H and O–H groups in total. The Bertz CT molecular complexity index is 381. The van der Waals surface area contributed by atoms with Crippen LogP contribution < -0.4 is 0 Å². The summed E-state index contributed by atoms with van der Waals surface area (Å²) in [7, 11) is 0. The Labute approximate surface area is 106 Å². The van der Waals surface area contributed by atoms with Crippen LogP contribution in [0.5, 0.6) is 0 Å². The summed E-state index contributed by atoms with van der Waals surface area (Å²) in [6.07, 6.45) is -0.0430. The quantitative estimate of drug-likeness (QED) is 0.719. The highest BCUT2D eigenvalue weighted by atomic mass is 16.6. The van der Waals surface area contributed by atoms with E-state index in [-0.39, 0.29) is 19.3 Å². The van der Waals surface area contributed by atoms with Crippen molar-refractivity contribution in [3.63, 3.8) is 0 Å². The van der Waals surface area contributed by atoms with Gasteiger partial charge in [0.15, 0.2) is 5.60 Å². The summed E-state index contributed by atoms with van der Waals surface area (Å²) in [4.78, 5) is 21.5. The molecule has 18 heavy (non-hydrogen) atoms. The molecule has 6 heteroatoms. The summed E-state index contributed by atoms with van der Waals surface area (Å²) in [5.74, 6) is -1.67. The van der Waals surface area contributed by atoms with Gasteiger partial charge in [0.25, 0.3) is 0 Å². The normalized spacial score (nSPS) is 16.5. The summed E-state index contributed by atoms with van der Waals surface area (Å²) in [5, 5.41) is 26.7. The van der Waals surface area contributed by atoms with Crippen molar-refractivity contribution in [2.24, 2.45) is 5.41 Å². The smallest absolute Gasteiger partial charge is 0.304 e. The average Bonchev–Trinajstić information content (AvgIpc) is 2.25. The lowest BCUT2D eigenvalue weighted by atomic mass is 9.81. The molecule has 6 nitrogen and oxygen atoms in total. The second-order valence-corrected chi connectivity index (χ2v) is 4.68. The van der Waals surface area contributed by atoms with E-state index < -0.39 is 23.0 Å². The van der Waals surface area contributed by atoms with Crippen LogP contribution in [0, 0.1) is 28.1 Å². The SMILES string of the molecule is CC(=O)O[C@](C)(C#N)CC[C@](C)(C#N)CC(=O)O.